The van der Waals surface area contributed by atoms with Crippen molar-refractivity contribution in [3.05, 3.63) is 22.9 Å². The van der Waals surface area contributed by atoms with E-state index in [1.54, 1.807) is 12.3 Å². The summed E-state index contributed by atoms with van der Waals surface area (Å²) in [7, 11) is -2.03. The van der Waals surface area contributed by atoms with Gasteiger partial charge in [0.15, 0.2) is 0 Å². The maximum absolute atomic E-state index is 11.8. The van der Waals surface area contributed by atoms with Gasteiger partial charge in [-0.05, 0) is 35.0 Å². The Morgan fingerprint density at radius 3 is 2.82 bits per heavy atom. The molecule has 0 amide bonds. The predicted molar refractivity (Wildman–Crippen MR) is 70.8 cm³/mol. The van der Waals surface area contributed by atoms with Crippen molar-refractivity contribution in [3.8, 4) is 0 Å². The summed E-state index contributed by atoms with van der Waals surface area (Å²) in [6.07, 6.45) is 3.64. The smallest absolute Gasteiger partial charge is 0.301 e. The second kappa shape index (κ2) is 6.29. The van der Waals surface area contributed by atoms with Crippen LogP contribution in [0.2, 0.25) is 0 Å². The molecule has 1 heterocycles. The second-order valence-corrected chi connectivity index (χ2v) is 6.16. The van der Waals surface area contributed by atoms with Gasteiger partial charge in [-0.15, -0.1) is 0 Å². The number of nitrogens with one attached hydrogen (secondary N) is 1. The Bertz CT molecular complexity index is 466. The quantitative estimate of drug-likeness (QED) is 0.810. The molecule has 0 aliphatic heterocycles. The van der Waals surface area contributed by atoms with Crippen LogP contribution in [0.25, 0.3) is 0 Å². The van der Waals surface area contributed by atoms with Crippen molar-refractivity contribution < 1.29 is 8.42 Å². The number of hydrogen-bond acceptors (Lipinski definition) is 4. The van der Waals surface area contributed by atoms with Crippen molar-refractivity contribution in [3.63, 3.8) is 0 Å². The molecule has 0 fully saturated rings. The first kappa shape index (κ1) is 14.4. The first-order chi connectivity index (χ1) is 7.95. The van der Waals surface area contributed by atoms with E-state index < -0.39 is 10.2 Å². The van der Waals surface area contributed by atoms with E-state index >= 15 is 0 Å². The van der Waals surface area contributed by atoms with E-state index in [1.165, 1.54) is 17.5 Å². The van der Waals surface area contributed by atoms with E-state index in [9.17, 15) is 8.42 Å². The molecule has 8 heteroatoms. The molecule has 0 spiro atoms. The molecule has 6 nitrogen and oxygen atoms in total. The Morgan fingerprint density at radius 1 is 1.53 bits per heavy atom. The minimum atomic E-state index is -3.54. The third-order valence-corrected chi connectivity index (χ3v) is 3.97. The third-order valence-electron chi connectivity index (χ3n) is 2.04. The van der Waals surface area contributed by atoms with Crippen molar-refractivity contribution in [2.75, 3.05) is 24.9 Å². The van der Waals surface area contributed by atoms with E-state index in [1.807, 2.05) is 0 Å². The topological polar surface area (TPSA) is 88.3 Å². The van der Waals surface area contributed by atoms with E-state index in [-0.39, 0.29) is 0 Å². The number of hydrogen-bond donors (Lipinski definition) is 2. The number of rotatable bonds is 6. The highest BCUT2D eigenvalue weighted by atomic mass is 79.9. The van der Waals surface area contributed by atoms with Gasteiger partial charge in [0.2, 0.25) is 0 Å². The van der Waals surface area contributed by atoms with Gasteiger partial charge in [0.05, 0.1) is 11.9 Å². The largest absolute Gasteiger partial charge is 0.330 e. The Kier molecular flexibility index (Phi) is 5.31. The van der Waals surface area contributed by atoms with E-state index in [0.29, 0.717) is 29.7 Å². The molecule has 0 unspecified atom stereocenters. The molecular weight excluding hydrogens is 308 g/mol. The maximum Gasteiger partial charge on any atom is 0.301 e. The number of nitrogens with zero attached hydrogens (tertiary/aromatic N) is 2. The molecule has 0 bridgehead atoms. The van der Waals surface area contributed by atoms with Gasteiger partial charge < -0.3 is 5.73 Å². The fourth-order valence-corrected chi connectivity index (χ4v) is 2.43. The molecule has 1 aromatic rings. The first-order valence-corrected chi connectivity index (χ1v) is 7.23. The zero-order valence-electron chi connectivity index (χ0n) is 9.43. The molecule has 1 aromatic heterocycles. The van der Waals surface area contributed by atoms with Crippen LogP contribution in [0.3, 0.4) is 0 Å². The zero-order valence-corrected chi connectivity index (χ0v) is 11.8. The highest BCUT2D eigenvalue weighted by Crippen LogP contribution is 2.15. The predicted octanol–water partition coefficient (Wildman–Crippen LogP) is 0.781. The summed E-state index contributed by atoms with van der Waals surface area (Å²) in [5.74, 6) is 0. The van der Waals surface area contributed by atoms with Crippen molar-refractivity contribution in [1.82, 2.24) is 9.29 Å². The number of aromatic nitrogens is 1. The third kappa shape index (κ3) is 4.58. The van der Waals surface area contributed by atoms with E-state index in [4.69, 9.17) is 5.73 Å². The van der Waals surface area contributed by atoms with Crippen LogP contribution in [0.15, 0.2) is 22.9 Å². The van der Waals surface area contributed by atoms with Crippen LogP contribution in [0.5, 0.6) is 0 Å². The summed E-state index contributed by atoms with van der Waals surface area (Å²) in [5.41, 5.74) is 5.75. The summed E-state index contributed by atoms with van der Waals surface area (Å²) < 4.78 is 28.1. The second-order valence-electron chi connectivity index (χ2n) is 3.46. The van der Waals surface area contributed by atoms with Gasteiger partial charge in [-0.2, -0.15) is 12.7 Å². The zero-order chi connectivity index (χ0) is 12.9. The van der Waals surface area contributed by atoms with Crippen LogP contribution >= 0.6 is 15.9 Å². The van der Waals surface area contributed by atoms with E-state index in [0.717, 1.165) is 0 Å². The molecule has 0 aromatic carbocycles. The van der Waals surface area contributed by atoms with Gasteiger partial charge in [-0.1, -0.05) is 0 Å². The lowest BCUT2D eigenvalue weighted by molar-refractivity contribution is 0.468. The molecule has 0 aliphatic carbocycles. The Labute approximate surface area is 110 Å². The van der Waals surface area contributed by atoms with Crippen LogP contribution in [0, 0.1) is 0 Å². The summed E-state index contributed by atoms with van der Waals surface area (Å²) >= 11 is 3.22. The van der Waals surface area contributed by atoms with Gasteiger partial charge in [0.25, 0.3) is 0 Å². The Hall–Kier alpha value is -0.700. The van der Waals surface area contributed by atoms with Gasteiger partial charge in [-0.3, -0.25) is 9.71 Å². The van der Waals surface area contributed by atoms with Crippen LogP contribution in [0.1, 0.15) is 6.42 Å². The Balaban J connectivity index is 2.72. The number of halogens is 1. The van der Waals surface area contributed by atoms with Crippen LogP contribution in [0.4, 0.5) is 5.69 Å². The maximum atomic E-state index is 11.8. The van der Waals surface area contributed by atoms with Crippen molar-refractivity contribution in [2.24, 2.45) is 5.73 Å². The molecule has 17 heavy (non-hydrogen) atoms. The number of nitrogens with two attached hydrogens (primary N) is 1. The van der Waals surface area contributed by atoms with Crippen molar-refractivity contribution in [1.29, 1.82) is 0 Å². The van der Waals surface area contributed by atoms with E-state index in [2.05, 4.69) is 25.6 Å². The SMILES string of the molecule is CN(CCCN)S(=O)(=O)Nc1cncc(Br)c1. The van der Waals surface area contributed by atoms with Gasteiger partial charge in [0, 0.05) is 24.3 Å². The minimum absolute atomic E-state index is 0.382. The molecule has 0 atom stereocenters. The lowest BCUT2D eigenvalue weighted by Gasteiger charge is -2.17. The monoisotopic (exact) mass is 322 g/mol. The molecule has 3 N–H and O–H groups in total. The number of pyridine rings is 1. The Morgan fingerprint density at radius 2 is 2.24 bits per heavy atom. The fraction of sp³-hybridized carbons (Fsp3) is 0.444. The lowest BCUT2D eigenvalue weighted by Crippen LogP contribution is -2.34. The van der Waals surface area contributed by atoms with Crippen LogP contribution in [-0.4, -0.2) is 37.8 Å². The molecular formula is C9H15BrN4O2S. The molecule has 0 saturated heterocycles. The van der Waals surface area contributed by atoms with Crippen LogP contribution in [-0.2, 0) is 10.2 Å². The standard InChI is InChI=1S/C9H15BrN4O2S/c1-14(4-2-3-11)17(15,16)13-9-5-8(10)6-12-7-9/h5-7,13H,2-4,11H2,1H3. The minimum Gasteiger partial charge on any atom is -0.330 e. The van der Waals surface area contributed by atoms with Gasteiger partial charge >= 0.3 is 10.2 Å². The van der Waals surface area contributed by atoms with Crippen molar-refractivity contribution >= 4 is 31.8 Å². The fourth-order valence-electron chi connectivity index (χ4n) is 1.13. The number of anilines is 1. The molecule has 0 aliphatic rings. The average Bonchev–Trinajstić information content (AvgIpc) is 2.25. The van der Waals surface area contributed by atoms with Gasteiger partial charge in [0.1, 0.15) is 0 Å². The van der Waals surface area contributed by atoms with Gasteiger partial charge in [-0.25, -0.2) is 0 Å². The summed E-state index contributed by atoms with van der Waals surface area (Å²) in [4.78, 5) is 3.88. The van der Waals surface area contributed by atoms with Crippen LogP contribution < -0.4 is 10.5 Å². The molecule has 0 radical (unpaired) electrons. The summed E-state index contributed by atoms with van der Waals surface area (Å²) in [6, 6.07) is 1.64. The normalized spacial score (nSPS) is 11.8. The highest BCUT2D eigenvalue weighted by molar-refractivity contribution is 9.10. The summed E-state index contributed by atoms with van der Waals surface area (Å²) in [6.45, 7) is 0.839. The summed E-state index contributed by atoms with van der Waals surface area (Å²) in [5, 5.41) is 0. The first-order valence-electron chi connectivity index (χ1n) is 5.00. The lowest BCUT2D eigenvalue weighted by atomic mass is 10.4. The molecule has 96 valence electrons. The highest BCUT2D eigenvalue weighted by Gasteiger charge is 2.16. The molecule has 1 rings (SSSR count). The average molecular weight is 323 g/mol. The van der Waals surface area contributed by atoms with Crippen molar-refractivity contribution in [2.45, 2.75) is 6.42 Å². The molecule has 0 saturated carbocycles.